The number of carbonyl (C=O) groups is 1. The Hall–Kier alpha value is -2.61. The predicted octanol–water partition coefficient (Wildman–Crippen LogP) is 4.69. The number of hydrogen-bond donors (Lipinski definition) is 0. The molecule has 21 heavy (non-hydrogen) atoms. The number of benzene rings is 2. The van der Waals surface area contributed by atoms with E-state index in [1.165, 1.54) is 0 Å². The van der Waals surface area contributed by atoms with Gasteiger partial charge in [0, 0.05) is 17.2 Å². The van der Waals surface area contributed by atoms with Crippen LogP contribution in [0.3, 0.4) is 0 Å². The van der Waals surface area contributed by atoms with Crippen LogP contribution in [0.15, 0.2) is 66.4 Å². The van der Waals surface area contributed by atoms with Crippen molar-refractivity contribution in [2.24, 2.45) is 0 Å². The highest BCUT2D eigenvalue weighted by molar-refractivity contribution is 6.04. The normalized spacial score (nSPS) is 11.8. The molecule has 2 heteroatoms. The Morgan fingerprint density at radius 1 is 1.00 bits per heavy atom. The van der Waals surface area contributed by atoms with Crippen molar-refractivity contribution in [2.45, 2.75) is 13.8 Å². The third kappa shape index (κ3) is 2.52. The zero-order valence-corrected chi connectivity index (χ0v) is 12.2. The van der Waals surface area contributed by atoms with Gasteiger partial charge >= 0.3 is 0 Å². The second-order valence-electron chi connectivity index (χ2n) is 5.24. The molecule has 0 aliphatic carbocycles. The summed E-state index contributed by atoms with van der Waals surface area (Å²) in [4.78, 5) is 12.7. The monoisotopic (exact) mass is 275 g/mol. The third-order valence-corrected chi connectivity index (χ3v) is 3.65. The van der Waals surface area contributed by atoms with Crippen LogP contribution < -0.4 is 0 Å². The van der Waals surface area contributed by atoms with Gasteiger partial charge in [-0.15, -0.1) is 0 Å². The van der Waals surface area contributed by atoms with Crippen LogP contribution in [0.2, 0.25) is 0 Å². The molecule has 0 saturated carbocycles. The second kappa shape index (κ2) is 5.41. The fraction of sp³-hybridized carbons (Fsp3) is 0.105. The minimum atomic E-state index is 0.0168. The number of aryl methyl sites for hydroxylation is 1. The summed E-state index contributed by atoms with van der Waals surface area (Å²) in [5.41, 5.74) is 3.84. The summed E-state index contributed by atoms with van der Waals surface area (Å²) in [7, 11) is 0. The molecule has 0 spiro atoms. The van der Waals surface area contributed by atoms with Crippen molar-refractivity contribution < 1.29 is 4.79 Å². The number of rotatable bonds is 2. The average molecular weight is 275 g/mol. The summed E-state index contributed by atoms with van der Waals surface area (Å²) >= 11 is 0. The van der Waals surface area contributed by atoms with Crippen molar-refractivity contribution in [1.82, 2.24) is 4.57 Å². The van der Waals surface area contributed by atoms with Gasteiger partial charge in [-0.3, -0.25) is 9.36 Å². The van der Waals surface area contributed by atoms with Crippen LogP contribution in [0.1, 0.15) is 22.8 Å². The molecule has 104 valence electrons. The van der Waals surface area contributed by atoms with Crippen molar-refractivity contribution in [2.75, 3.05) is 0 Å². The first-order chi connectivity index (χ1) is 10.2. The van der Waals surface area contributed by atoms with Crippen LogP contribution in [0.25, 0.3) is 17.0 Å². The largest absolute Gasteiger partial charge is 0.283 e. The zero-order chi connectivity index (χ0) is 14.8. The van der Waals surface area contributed by atoms with Crippen molar-refractivity contribution in [3.8, 4) is 0 Å². The molecule has 0 aliphatic rings. The van der Waals surface area contributed by atoms with Gasteiger partial charge in [0.25, 0.3) is 5.91 Å². The van der Waals surface area contributed by atoms with Crippen LogP contribution in [0, 0.1) is 6.92 Å². The standard InChI is InChI=1S/C19H17NO/c1-14(12-16-8-4-3-5-9-16)19(21)20-13-15(2)17-10-6-7-11-18(17)20/h3-13H,1-2H3/b14-12+. The summed E-state index contributed by atoms with van der Waals surface area (Å²) < 4.78 is 1.74. The summed E-state index contributed by atoms with van der Waals surface area (Å²) in [6, 6.07) is 17.9. The molecule has 0 unspecified atom stereocenters. The molecule has 0 atom stereocenters. The maximum Gasteiger partial charge on any atom is 0.258 e. The van der Waals surface area contributed by atoms with E-state index in [-0.39, 0.29) is 5.91 Å². The lowest BCUT2D eigenvalue weighted by Gasteiger charge is -2.04. The SMILES string of the molecule is C/C(=C\c1ccccc1)C(=O)n1cc(C)c2ccccc21. The molecule has 3 rings (SSSR count). The lowest BCUT2D eigenvalue weighted by Crippen LogP contribution is -2.10. The molecule has 3 aromatic rings. The maximum absolute atomic E-state index is 12.7. The summed E-state index contributed by atoms with van der Waals surface area (Å²) in [6.45, 7) is 3.89. The first-order valence-corrected chi connectivity index (χ1v) is 7.01. The molecule has 0 saturated heterocycles. The Morgan fingerprint density at radius 2 is 1.67 bits per heavy atom. The molecule has 0 amide bonds. The van der Waals surface area contributed by atoms with E-state index in [0.717, 1.165) is 27.6 Å². The van der Waals surface area contributed by atoms with E-state index < -0.39 is 0 Å². The number of nitrogens with zero attached hydrogens (tertiary/aromatic N) is 1. The van der Waals surface area contributed by atoms with Gasteiger partial charge in [-0.1, -0.05) is 48.5 Å². The van der Waals surface area contributed by atoms with E-state index in [4.69, 9.17) is 0 Å². The van der Waals surface area contributed by atoms with E-state index in [9.17, 15) is 4.79 Å². The van der Waals surface area contributed by atoms with E-state index >= 15 is 0 Å². The van der Waals surface area contributed by atoms with Crippen LogP contribution in [-0.2, 0) is 0 Å². The average Bonchev–Trinajstić information content (AvgIpc) is 2.85. The van der Waals surface area contributed by atoms with Crippen molar-refractivity contribution in [1.29, 1.82) is 0 Å². The van der Waals surface area contributed by atoms with Gasteiger partial charge in [-0.2, -0.15) is 0 Å². The highest BCUT2D eigenvalue weighted by Crippen LogP contribution is 2.21. The Kier molecular flexibility index (Phi) is 3.44. The lowest BCUT2D eigenvalue weighted by atomic mass is 10.1. The van der Waals surface area contributed by atoms with Gasteiger partial charge in [-0.05, 0) is 37.1 Å². The van der Waals surface area contributed by atoms with Gasteiger partial charge in [0.1, 0.15) is 0 Å². The molecule has 1 heterocycles. The number of hydrogen-bond acceptors (Lipinski definition) is 1. The Labute approximate surface area is 124 Å². The van der Waals surface area contributed by atoms with Crippen LogP contribution in [-0.4, -0.2) is 10.5 Å². The first kappa shape index (κ1) is 13.4. The fourth-order valence-corrected chi connectivity index (χ4v) is 2.57. The minimum absolute atomic E-state index is 0.0168. The smallest absolute Gasteiger partial charge is 0.258 e. The highest BCUT2D eigenvalue weighted by Gasteiger charge is 2.12. The molecule has 0 aliphatic heterocycles. The van der Waals surface area contributed by atoms with Gasteiger partial charge in [0.05, 0.1) is 5.52 Å². The summed E-state index contributed by atoms with van der Waals surface area (Å²) in [5, 5.41) is 1.12. The number of para-hydroxylation sites is 1. The number of allylic oxidation sites excluding steroid dienone is 1. The lowest BCUT2D eigenvalue weighted by molar-refractivity contribution is 0.0961. The van der Waals surface area contributed by atoms with Gasteiger partial charge < -0.3 is 0 Å². The highest BCUT2D eigenvalue weighted by atomic mass is 16.2. The molecule has 0 N–H and O–H groups in total. The summed E-state index contributed by atoms with van der Waals surface area (Å²) in [5.74, 6) is 0.0168. The first-order valence-electron chi connectivity index (χ1n) is 7.01. The van der Waals surface area contributed by atoms with Gasteiger partial charge in [0.15, 0.2) is 0 Å². The number of carbonyl (C=O) groups excluding carboxylic acids is 1. The molecule has 2 aromatic carbocycles. The molecule has 0 bridgehead atoms. The van der Waals surface area contributed by atoms with E-state index in [1.54, 1.807) is 4.57 Å². The predicted molar refractivity (Wildman–Crippen MR) is 87.4 cm³/mol. The molecule has 1 aromatic heterocycles. The van der Waals surface area contributed by atoms with Crippen LogP contribution >= 0.6 is 0 Å². The number of fused-ring (bicyclic) bond motifs is 1. The third-order valence-electron chi connectivity index (χ3n) is 3.65. The maximum atomic E-state index is 12.7. The Morgan fingerprint density at radius 3 is 2.43 bits per heavy atom. The minimum Gasteiger partial charge on any atom is -0.283 e. The van der Waals surface area contributed by atoms with Crippen molar-refractivity contribution >= 4 is 22.9 Å². The topological polar surface area (TPSA) is 22.0 Å². The van der Waals surface area contributed by atoms with Crippen LogP contribution in [0.4, 0.5) is 0 Å². The number of aromatic nitrogens is 1. The molecule has 0 fully saturated rings. The fourth-order valence-electron chi connectivity index (χ4n) is 2.57. The summed E-state index contributed by atoms with van der Waals surface area (Å²) in [6.07, 6.45) is 3.84. The molecule has 2 nitrogen and oxygen atoms in total. The Balaban J connectivity index is 2.03. The van der Waals surface area contributed by atoms with Crippen molar-refractivity contribution in [3.63, 3.8) is 0 Å². The molecule has 0 radical (unpaired) electrons. The van der Waals surface area contributed by atoms with Crippen molar-refractivity contribution in [3.05, 3.63) is 77.5 Å². The quantitative estimate of drug-likeness (QED) is 0.622. The Bertz CT molecular complexity index is 825. The van der Waals surface area contributed by atoms with Crippen LogP contribution in [0.5, 0.6) is 0 Å². The molecular formula is C19H17NO. The zero-order valence-electron chi connectivity index (χ0n) is 12.2. The van der Waals surface area contributed by atoms with E-state index in [2.05, 4.69) is 0 Å². The second-order valence-corrected chi connectivity index (χ2v) is 5.24. The van der Waals surface area contributed by atoms with Gasteiger partial charge in [-0.25, -0.2) is 0 Å². The van der Waals surface area contributed by atoms with Gasteiger partial charge in [0.2, 0.25) is 0 Å². The van der Waals surface area contributed by atoms with E-state index in [1.807, 2.05) is 80.7 Å². The van der Waals surface area contributed by atoms with E-state index in [0.29, 0.717) is 0 Å². The molecular weight excluding hydrogens is 258 g/mol.